The highest BCUT2D eigenvalue weighted by Gasteiger charge is 2.11. The lowest BCUT2D eigenvalue weighted by Crippen LogP contribution is -2.22. The Hall–Kier alpha value is -1.32. The van der Waals surface area contributed by atoms with Crippen molar-refractivity contribution >= 4 is 11.8 Å². The summed E-state index contributed by atoms with van der Waals surface area (Å²) in [4.78, 5) is 2.15. The van der Waals surface area contributed by atoms with Crippen molar-refractivity contribution in [1.82, 2.24) is 5.32 Å². The molecule has 0 aliphatic carbocycles. The first-order valence-corrected chi connectivity index (χ1v) is 7.64. The van der Waals surface area contributed by atoms with Gasteiger partial charge in [-0.3, -0.25) is 0 Å². The zero-order valence-electron chi connectivity index (χ0n) is 12.1. The van der Waals surface area contributed by atoms with Crippen LogP contribution < -0.4 is 5.32 Å². The topological polar surface area (TPSA) is 12.0 Å². The first-order chi connectivity index (χ1) is 9.58. The molecule has 2 rings (SSSR count). The van der Waals surface area contributed by atoms with Gasteiger partial charge in [-0.05, 0) is 30.7 Å². The highest BCUT2D eigenvalue weighted by molar-refractivity contribution is 7.99. The fraction of sp³-hybridized carbons (Fsp3) is 0.294. The summed E-state index contributed by atoms with van der Waals surface area (Å²) in [7, 11) is 0. The summed E-state index contributed by atoms with van der Waals surface area (Å²) in [6.45, 7) is 6.76. The molecule has 0 unspecified atom stereocenters. The van der Waals surface area contributed by atoms with E-state index in [2.05, 4.69) is 38.2 Å². The number of hydrogen-bond donors (Lipinski definition) is 1. The smallest absolute Gasteiger partial charge is 0.128 e. The van der Waals surface area contributed by atoms with E-state index in [-0.39, 0.29) is 5.82 Å². The molecule has 0 aliphatic heterocycles. The third-order valence-corrected chi connectivity index (χ3v) is 4.36. The van der Waals surface area contributed by atoms with Crippen molar-refractivity contribution < 1.29 is 4.39 Å². The maximum Gasteiger partial charge on any atom is 0.128 e. The van der Waals surface area contributed by atoms with E-state index < -0.39 is 0 Å². The standard InChI is InChI=1S/C17H20FNS/c1-12(2)19-11-14-15(18)8-6-10-17(14)20-16-9-5-4-7-13(16)3/h4-10,12,19H,11H2,1-3H3. The number of benzene rings is 2. The lowest BCUT2D eigenvalue weighted by atomic mass is 10.2. The highest BCUT2D eigenvalue weighted by atomic mass is 32.2. The maximum absolute atomic E-state index is 14.1. The minimum Gasteiger partial charge on any atom is -0.310 e. The summed E-state index contributed by atoms with van der Waals surface area (Å²) in [5, 5.41) is 3.29. The maximum atomic E-state index is 14.1. The molecule has 3 heteroatoms. The molecule has 0 radical (unpaired) electrons. The van der Waals surface area contributed by atoms with E-state index in [0.29, 0.717) is 12.6 Å². The molecule has 0 bridgehead atoms. The third kappa shape index (κ3) is 3.84. The Morgan fingerprint density at radius 1 is 1.05 bits per heavy atom. The molecule has 1 nitrogen and oxygen atoms in total. The van der Waals surface area contributed by atoms with Crippen molar-refractivity contribution in [2.45, 2.75) is 43.1 Å². The van der Waals surface area contributed by atoms with Crippen molar-refractivity contribution in [3.63, 3.8) is 0 Å². The molecule has 0 aromatic heterocycles. The van der Waals surface area contributed by atoms with Crippen molar-refractivity contribution in [2.24, 2.45) is 0 Å². The van der Waals surface area contributed by atoms with Gasteiger partial charge in [0.25, 0.3) is 0 Å². The van der Waals surface area contributed by atoms with E-state index in [1.54, 1.807) is 17.8 Å². The van der Waals surface area contributed by atoms with Gasteiger partial charge in [0.1, 0.15) is 5.82 Å². The summed E-state index contributed by atoms with van der Waals surface area (Å²) < 4.78 is 14.1. The van der Waals surface area contributed by atoms with Crippen LogP contribution in [0.4, 0.5) is 4.39 Å². The first-order valence-electron chi connectivity index (χ1n) is 6.82. The average molecular weight is 289 g/mol. The summed E-state index contributed by atoms with van der Waals surface area (Å²) >= 11 is 1.63. The fourth-order valence-electron chi connectivity index (χ4n) is 1.90. The van der Waals surface area contributed by atoms with Crippen molar-refractivity contribution in [2.75, 3.05) is 0 Å². The van der Waals surface area contributed by atoms with Crippen LogP contribution in [0.3, 0.4) is 0 Å². The molecule has 0 amide bonds. The lowest BCUT2D eigenvalue weighted by Gasteiger charge is -2.14. The molecular formula is C17H20FNS. The number of nitrogens with one attached hydrogen (secondary N) is 1. The zero-order valence-corrected chi connectivity index (χ0v) is 12.9. The molecular weight excluding hydrogens is 269 g/mol. The molecule has 0 fully saturated rings. The van der Waals surface area contributed by atoms with Gasteiger partial charge in [0, 0.05) is 27.9 Å². The second-order valence-electron chi connectivity index (χ2n) is 5.12. The molecule has 1 N–H and O–H groups in total. The number of hydrogen-bond acceptors (Lipinski definition) is 2. The minimum atomic E-state index is -0.142. The number of aryl methyl sites for hydroxylation is 1. The molecule has 0 spiro atoms. The van der Waals surface area contributed by atoms with Gasteiger partial charge in [-0.25, -0.2) is 4.39 Å². The molecule has 0 saturated heterocycles. The van der Waals surface area contributed by atoms with Crippen molar-refractivity contribution in [3.05, 3.63) is 59.4 Å². The van der Waals surface area contributed by atoms with Gasteiger partial charge >= 0.3 is 0 Å². The largest absolute Gasteiger partial charge is 0.310 e. The SMILES string of the molecule is Cc1ccccc1Sc1cccc(F)c1CNC(C)C. The van der Waals surface area contributed by atoms with Crippen LogP contribution in [0.5, 0.6) is 0 Å². The minimum absolute atomic E-state index is 0.142. The molecule has 106 valence electrons. The van der Waals surface area contributed by atoms with Gasteiger partial charge in [-0.15, -0.1) is 0 Å². The van der Waals surface area contributed by atoms with Crippen LogP contribution in [0.2, 0.25) is 0 Å². The predicted molar refractivity (Wildman–Crippen MR) is 83.7 cm³/mol. The van der Waals surface area contributed by atoms with Crippen molar-refractivity contribution in [3.8, 4) is 0 Å². The average Bonchev–Trinajstić information content (AvgIpc) is 2.40. The van der Waals surface area contributed by atoms with Gasteiger partial charge in [-0.2, -0.15) is 0 Å². The van der Waals surface area contributed by atoms with Crippen LogP contribution >= 0.6 is 11.8 Å². The Labute approximate surface area is 124 Å². The Morgan fingerprint density at radius 2 is 1.75 bits per heavy atom. The Bertz CT molecular complexity index is 581. The second-order valence-corrected chi connectivity index (χ2v) is 6.20. The van der Waals surface area contributed by atoms with Crippen LogP contribution in [-0.4, -0.2) is 6.04 Å². The van der Waals surface area contributed by atoms with Gasteiger partial charge in [0.2, 0.25) is 0 Å². The normalized spacial score (nSPS) is 11.1. The van der Waals surface area contributed by atoms with Crippen LogP contribution in [0.25, 0.3) is 0 Å². The van der Waals surface area contributed by atoms with E-state index >= 15 is 0 Å². The first kappa shape index (κ1) is 15.1. The number of rotatable bonds is 5. The molecule has 2 aromatic rings. The summed E-state index contributed by atoms with van der Waals surface area (Å²) in [6.07, 6.45) is 0. The zero-order chi connectivity index (χ0) is 14.5. The van der Waals surface area contributed by atoms with Gasteiger partial charge in [0.05, 0.1) is 0 Å². The lowest BCUT2D eigenvalue weighted by molar-refractivity contribution is 0.546. The number of halogens is 1. The van der Waals surface area contributed by atoms with Crippen LogP contribution in [0, 0.1) is 12.7 Å². The second kappa shape index (κ2) is 6.91. The van der Waals surface area contributed by atoms with E-state index in [1.807, 2.05) is 18.2 Å². The molecule has 0 saturated carbocycles. The summed E-state index contributed by atoms with van der Waals surface area (Å²) in [5.74, 6) is -0.142. The Kier molecular flexibility index (Phi) is 5.21. The van der Waals surface area contributed by atoms with Gasteiger partial charge < -0.3 is 5.32 Å². The molecule has 20 heavy (non-hydrogen) atoms. The third-order valence-electron chi connectivity index (χ3n) is 3.08. The van der Waals surface area contributed by atoms with E-state index in [0.717, 1.165) is 10.5 Å². The Morgan fingerprint density at radius 3 is 2.45 bits per heavy atom. The van der Waals surface area contributed by atoms with E-state index in [1.165, 1.54) is 16.5 Å². The molecule has 0 heterocycles. The van der Waals surface area contributed by atoms with Gasteiger partial charge in [0.15, 0.2) is 0 Å². The van der Waals surface area contributed by atoms with Crippen molar-refractivity contribution in [1.29, 1.82) is 0 Å². The molecule has 0 aliphatic rings. The van der Waals surface area contributed by atoms with Crippen LogP contribution in [0.15, 0.2) is 52.3 Å². The summed E-state index contributed by atoms with van der Waals surface area (Å²) in [6, 6.07) is 13.8. The summed E-state index contributed by atoms with van der Waals surface area (Å²) in [5.41, 5.74) is 1.96. The Balaban J connectivity index is 2.27. The van der Waals surface area contributed by atoms with Gasteiger partial charge in [-0.1, -0.05) is 49.9 Å². The monoisotopic (exact) mass is 289 g/mol. The highest BCUT2D eigenvalue weighted by Crippen LogP contribution is 2.33. The molecule has 0 atom stereocenters. The molecule has 2 aromatic carbocycles. The fourth-order valence-corrected chi connectivity index (χ4v) is 2.95. The van der Waals surface area contributed by atoms with Crippen LogP contribution in [-0.2, 0) is 6.54 Å². The quantitative estimate of drug-likeness (QED) is 0.850. The van der Waals surface area contributed by atoms with E-state index in [4.69, 9.17) is 0 Å². The predicted octanol–water partition coefficient (Wildman–Crippen LogP) is 4.78. The van der Waals surface area contributed by atoms with Crippen LogP contribution in [0.1, 0.15) is 25.0 Å². The van der Waals surface area contributed by atoms with E-state index in [9.17, 15) is 4.39 Å².